The fourth-order valence-corrected chi connectivity index (χ4v) is 4.13. The summed E-state index contributed by atoms with van der Waals surface area (Å²) in [6.07, 6.45) is 2.05. The molecule has 0 aliphatic rings. The molecule has 5 nitrogen and oxygen atoms in total. The van der Waals surface area contributed by atoms with Crippen molar-refractivity contribution in [2.45, 2.75) is 30.5 Å². The number of benzene rings is 2. The Balaban J connectivity index is 1.96. The second-order valence-electron chi connectivity index (χ2n) is 6.86. The van der Waals surface area contributed by atoms with Crippen LogP contribution in [0.3, 0.4) is 0 Å². The maximum absolute atomic E-state index is 9.93. The molecule has 0 radical (unpaired) electrons. The fraction of sp³-hybridized carbons (Fsp3) is 0.208. The third-order valence-electron chi connectivity index (χ3n) is 4.67. The predicted molar refractivity (Wildman–Crippen MR) is 124 cm³/mol. The minimum absolute atomic E-state index is 0.235. The van der Waals surface area contributed by atoms with Gasteiger partial charge < -0.3 is 4.74 Å². The van der Waals surface area contributed by atoms with E-state index in [9.17, 15) is 10.5 Å². The number of nitrogen functional groups attached to an aromatic ring is 1. The van der Waals surface area contributed by atoms with E-state index in [0.717, 1.165) is 29.7 Å². The quantitative estimate of drug-likeness (QED) is 0.355. The van der Waals surface area contributed by atoms with Gasteiger partial charge in [-0.25, -0.2) is 4.98 Å². The second kappa shape index (κ2) is 10.7. The maximum atomic E-state index is 9.93. The van der Waals surface area contributed by atoms with Crippen LogP contribution < -0.4 is 15.5 Å². The van der Waals surface area contributed by atoms with E-state index in [4.69, 9.17) is 22.1 Å². The van der Waals surface area contributed by atoms with Gasteiger partial charge >= 0.3 is 0 Å². The zero-order valence-corrected chi connectivity index (χ0v) is 18.7. The molecular formula is C24H22ClN4OS+. The van der Waals surface area contributed by atoms with Crippen molar-refractivity contribution in [1.82, 2.24) is 0 Å². The van der Waals surface area contributed by atoms with Crippen LogP contribution in [0.5, 0.6) is 5.75 Å². The zero-order chi connectivity index (χ0) is 22.2. The van der Waals surface area contributed by atoms with Gasteiger partial charge in [0, 0.05) is 16.3 Å². The standard InChI is InChI=1S/C24H21ClN4OS/c1-2-3-12-30-19-10-6-17(7-11-19)22-20(13-26)23(28)29-24(21(22)14-27)31-15-16-4-8-18(25)9-5-16/h4-11H,2-3,12,15H2,1H3,(H2,28,29)/p+1. The van der Waals surface area contributed by atoms with E-state index in [1.807, 2.05) is 48.5 Å². The lowest BCUT2D eigenvalue weighted by molar-refractivity contribution is -0.410. The molecule has 3 N–H and O–H groups in total. The number of aromatic nitrogens is 1. The number of anilines is 1. The number of nitriles is 2. The summed E-state index contributed by atoms with van der Waals surface area (Å²) in [5, 5.41) is 20.9. The normalized spacial score (nSPS) is 10.3. The van der Waals surface area contributed by atoms with E-state index in [1.54, 1.807) is 0 Å². The number of nitrogens with two attached hydrogens (primary N) is 1. The molecule has 0 amide bonds. The molecule has 31 heavy (non-hydrogen) atoms. The van der Waals surface area contributed by atoms with Gasteiger partial charge in [-0.15, -0.1) is 0 Å². The van der Waals surface area contributed by atoms with Crippen LogP contribution in [0.15, 0.2) is 53.6 Å². The molecule has 0 unspecified atom stereocenters. The molecule has 0 spiro atoms. The third kappa shape index (κ3) is 5.49. The highest BCUT2D eigenvalue weighted by molar-refractivity contribution is 7.98. The first-order valence-corrected chi connectivity index (χ1v) is 11.2. The summed E-state index contributed by atoms with van der Waals surface area (Å²) in [6, 6.07) is 19.3. The topological polar surface area (TPSA) is 97.0 Å². The Labute approximate surface area is 191 Å². The van der Waals surface area contributed by atoms with Crippen LogP contribution in [0.2, 0.25) is 5.02 Å². The number of nitrogens with one attached hydrogen (secondary N) is 1. The summed E-state index contributed by atoms with van der Waals surface area (Å²) >= 11 is 7.41. The van der Waals surface area contributed by atoms with Gasteiger partial charge in [-0.2, -0.15) is 10.5 Å². The molecular weight excluding hydrogens is 428 g/mol. The number of unbranched alkanes of at least 4 members (excludes halogenated alkanes) is 1. The van der Waals surface area contributed by atoms with Crippen molar-refractivity contribution in [1.29, 1.82) is 10.5 Å². The number of rotatable bonds is 8. The Morgan fingerprint density at radius 1 is 1.03 bits per heavy atom. The predicted octanol–water partition coefficient (Wildman–Crippen LogP) is 5.62. The molecule has 0 saturated heterocycles. The molecule has 0 saturated carbocycles. The summed E-state index contributed by atoms with van der Waals surface area (Å²) < 4.78 is 5.72. The minimum atomic E-state index is 0.235. The van der Waals surface area contributed by atoms with Gasteiger partial charge in [0.1, 0.15) is 29.0 Å². The average molecular weight is 450 g/mol. The molecule has 1 aromatic heterocycles. The number of aromatic amines is 1. The summed E-state index contributed by atoms with van der Waals surface area (Å²) in [5.41, 5.74) is 9.13. The van der Waals surface area contributed by atoms with Crippen LogP contribution in [0, 0.1) is 22.7 Å². The first kappa shape index (κ1) is 22.5. The number of H-pyrrole nitrogens is 1. The van der Waals surface area contributed by atoms with Crippen molar-refractivity contribution in [2.75, 3.05) is 12.3 Å². The molecule has 0 fully saturated rings. The van der Waals surface area contributed by atoms with Crippen LogP contribution in [0.25, 0.3) is 11.1 Å². The van der Waals surface area contributed by atoms with E-state index >= 15 is 0 Å². The molecule has 1 heterocycles. The Morgan fingerprint density at radius 2 is 1.71 bits per heavy atom. The van der Waals surface area contributed by atoms with E-state index in [1.165, 1.54) is 11.8 Å². The third-order valence-corrected chi connectivity index (χ3v) is 6.00. The highest BCUT2D eigenvalue weighted by Gasteiger charge is 2.24. The number of hydrogen-bond acceptors (Lipinski definition) is 5. The van der Waals surface area contributed by atoms with Crippen molar-refractivity contribution < 1.29 is 9.72 Å². The van der Waals surface area contributed by atoms with Crippen LogP contribution in [0.1, 0.15) is 36.5 Å². The van der Waals surface area contributed by atoms with Gasteiger partial charge in [-0.3, -0.25) is 5.73 Å². The zero-order valence-electron chi connectivity index (χ0n) is 17.1. The molecule has 156 valence electrons. The summed E-state index contributed by atoms with van der Waals surface area (Å²) in [5.74, 6) is 1.61. The van der Waals surface area contributed by atoms with Crippen LogP contribution in [-0.2, 0) is 5.75 Å². The van der Waals surface area contributed by atoms with E-state index in [-0.39, 0.29) is 11.4 Å². The van der Waals surface area contributed by atoms with Gasteiger partial charge in [0.2, 0.25) is 0 Å². The second-order valence-corrected chi connectivity index (χ2v) is 8.28. The maximum Gasteiger partial charge on any atom is 0.289 e. The van der Waals surface area contributed by atoms with Crippen molar-refractivity contribution in [3.05, 3.63) is 70.2 Å². The Hall–Kier alpha value is -3.19. The molecule has 0 bridgehead atoms. The van der Waals surface area contributed by atoms with E-state index < -0.39 is 0 Å². The highest BCUT2D eigenvalue weighted by Crippen LogP contribution is 2.35. The molecule has 2 aromatic carbocycles. The Morgan fingerprint density at radius 3 is 2.32 bits per heavy atom. The molecule has 3 aromatic rings. The molecule has 0 aliphatic carbocycles. The Kier molecular flexibility index (Phi) is 7.78. The molecule has 7 heteroatoms. The molecule has 0 aliphatic heterocycles. The van der Waals surface area contributed by atoms with Gasteiger partial charge in [-0.1, -0.05) is 61.0 Å². The van der Waals surface area contributed by atoms with Gasteiger partial charge in [0.05, 0.1) is 6.61 Å². The van der Waals surface area contributed by atoms with Crippen molar-refractivity contribution in [3.8, 4) is 29.0 Å². The lowest BCUT2D eigenvalue weighted by Gasteiger charge is -2.11. The van der Waals surface area contributed by atoms with Gasteiger partial charge in [-0.05, 0) is 41.8 Å². The van der Waals surface area contributed by atoms with E-state index in [0.29, 0.717) is 33.5 Å². The number of nitrogens with zero attached hydrogens (tertiary/aromatic N) is 2. The first-order chi connectivity index (χ1) is 15.1. The number of pyridine rings is 1. The summed E-state index contributed by atoms with van der Waals surface area (Å²) in [6.45, 7) is 2.76. The van der Waals surface area contributed by atoms with Crippen LogP contribution in [-0.4, -0.2) is 6.61 Å². The first-order valence-electron chi connectivity index (χ1n) is 9.86. The van der Waals surface area contributed by atoms with Crippen molar-refractivity contribution in [2.24, 2.45) is 0 Å². The highest BCUT2D eigenvalue weighted by atomic mass is 35.5. The smallest absolute Gasteiger partial charge is 0.289 e. The largest absolute Gasteiger partial charge is 0.494 e. The number of ether oxygens (including phenoxy) is 1. The summed E-state index contributed by atoms with van der Waals surface area (Å²) in [7, 11) is 0. The van der Waals surface area contributed by atoms with Crippen molar-refractivity contribution in [3.63, 3.8) is 0 Å². The number of thioether (sulfide) groups is 1. The monoisotopic (exact) mass is 449 g/mol. The molecule has 0 atom stereocenters. The SMILES string of the molecule is CCCCOc1ccc(-c2c(C#N)c(N)[nH+]c(SCc3ccc(Cl)cc3)c2C#N)cc1. The van der Waals surface area contributed by atoms with Crippen LogP contribution in [0.4, 0.5) is 5.82 Å². The molecule has 3 rings (SSSR count). The van der Waals surface area contributed by atoms with Gasteiger partial charge in [0.25, 0.3) is 5.82 Å². The number of hydrogen-bond donors (Lipinski definition) is 1. The van der Waals surface area contributed by atoms with Gasteiger partial charge in [0.15, 0.2) is 5.03 Å². The Bertz CT molecular complexity index is 1130. The average Bonchev–Trinajstić information content (AvgIpc) is 2.79. The fourth-order valence-electron chi connectivity index (χ4n) is 3.03. The summed E-state index contributed by atoms with van der Waals surface area (Å²) in [4.78, 5) is 3.03. The minimum Gasteiger partial charge on any atom is -0.494 e. The van der Waals surface area contributed by atoms with Crippen LogP contribution >= 0.6 is 23.4 Å². The van der Waals surface area contributed by atoms with Crippen molar-refractivity contribution >= 4 is 29.2 Å². The lowest BCUT2D eigenvalue weighted by Crippen LogP contribution is -2.18. The number of halogens is 1. The van der Waals surface area contributed by atoms with E-state index in [2.05, 4.69) is 24.0 Å². The lowest BCUT2D eigenvalue weighted by atomic mass is 9.97.